The number of fused-ring (bicyclic) bond motifs is 1. The van der Waals surface area contributed by atoms with Crippen molar-refractivity contribution in [3.63, 3.8) is 0 Å². The molecule has 1 aromatic carbocycles. The van der Waals surface area contributed by atoms with Crippen LogP contribution in [-0.2, 0) is 0 Å². The third-order valence-electron chi connectivity index (χ3n) is 2.93. The van der Waals surface area contributed by atoms with Gasteiger partial charge in [0.05, 0.1) is 11.4 Å². The molecule has 3 rings (SSSR count). The predicted octanol–water partition coefficient (Wildman–Crippen LogP) is 2.19. The number of nitrogens with one attached hydrogen (secondary N) is 1. The van der Waals surface area contributed by atoms with Crippen LogP contribution in [0.5, 0.6) is 11.5 Å². The molecular formula is C14H14N2O4. The number of carbonyl (C=O) groups excluding carboxylic acids is 1. The largest absolute Gasteiger partial charge is 0.486 e. The standard InChI is InChI=1S/C14H14N2O4/c1-8-2-3-11(20-8)14(17)16-10-7-13-12(6-9(10)15)18-4-5-19-13/h2-3,6-7H,4-5,15H2,1H3,(H,16,17). The van der Waals surface area contributed by atoms with Gasteiger partial charge < -0.3 is 24.9 Å². The van der Waals surface area contributed by atoms with Crippen molar-refractivity contribution in [2.75, 3.05) is 24.3 Å². The lowest BCUT2D eigenvalue weighted by Gasteiger charge is -2.20. The number of hydrogen-bond acceptors (Lipinski definition) is 5. The minimum atomic E-state index is -0.360. The third kappa shape index (κ3) is 2.27. The van der Waals surface area contributed by atoms with Gasteiger partial charge in [-0.3, -0.25) is 4.79 Å². The van der Waals surface area contributed by atoms with Gasteiger partial charge in [0.2, 0.25) is 0 Å². The van der Waals surface area contributed by atoms with Crippen LogP contribution < -0.4 is 20.5 Å². The maximum atomic E-state index is 12.0. The van der Waals surface area contributed by atoms with E-state index in [-0.39, 0.29) is 11.7 Å². The van der Waals surface area contributed by atoms with Crippen molar-refractivity contribution in [2.45, 2.75) is 6.92 Å². The molecular weight excluding hydrogens is 260 g/mol. The predicted molar refractivity (Wildman–Crippen MR) is 73.2 cm³/mol. The maximum absolute atomic E-state index is 12.0. The number of nitrogens with two attached hydrogens (primary N) is 1. The molecule has 6 heteroatoms. The number of carbonyl (C=O) groups is 1. The van der Waals surface area contributed by atoms with Gasteiger partial charge in [0, 0.05) is 12.1 Å². The molecule has 0 saturated heterocycles. The minimum absolute atomic E-state index is 0.233. The highest BCUT2D eigenvalue weighted by Gasteiger charge is 2.17. The van der Waals surface area contributed by atoms with Crippen LogP contribution in [0.2, 0.25) is 0 Å². The summed E-state index contributed by atoms with van der Waals surface area (Å²) in [6.45, 7) is 2.74. The number of nitrogen functional groups attached to an aromatic ring is 1. The summed E-state index contributed by atoms with van der Waals surface area (Å²) in [6.07, 6.45) is 0. The molecule has 1 aliphatic rings. The van der Waals surface area contributed by atoms with E-state index in [1.807, 2.05) is 0 Å². The number of hydrogen-bond donors (Lipinski definition) is 2. The molecule has 104 valence electrons. The number of anilines is 2. The van der Waals surface area contributed by atoms with E-state index in [0.29, 0.717) is 41.8 Å². The number of rotatable bonds is 2. The van der Waals surface area contributed by atoms with E-state index >= 15 is 0 Å². The van der Waals surface area contributed by atoms with E-state index in [0.717, 1.165) is 0 Å². The number of benzene rings is 1. The van der Waals surface area contributed by atoms with Crippen LogP contribution in [0, 0.1) is 6.92 Å². The first kappa shape index (κ1) is 12.4. The molecule has 2 aromatic rings. The summed E-state index contributed by atoms with van der Waals surface area (Å²) in [7, 11) is 0. The van der Waals surface area contributed by atoms with E-state index in [1.54, 1.807) is 31.2 Å². The molecule has 1 amide bonds. The van der Waals surface area contributed by atoms with Crippen molar-refractivity contribution in [3.8, 4) is 11.5 Å². The second-order valence-corrected chi connectivity index (χ2v) is 4.45. The van der Waals surface area contributed by atoms with Crippen LogP contribution in [0.25, 0.3) is 0 Å². The fraction of sp³-hybridized carbons (Fsp3) is 0.214. The lowest BCUT2D eigenvalue weighted by atomic mass is 10.2. The first-order valence-corrected chi connectivity index (χ1v) is 6.20. The van der Waals surface area contributed by atoms with Crippen molar-refractivity contribution in [1.29, 1.82) is 0 Å². The highest BCUT2D eigenvalue weighted by atomic mass is 16.6. The van der Waals surface area contributed by atoms with Gasteiger partial charge in [-0.1, -0.05) is 0 Å². The summed E-state index contributed by atoms with van der Waals surface area (Å²) in [5.41, 5.74) is 6.77. The third-order valence-corrected chi connectivity index (χ3v) is 2.93. The van der Waals surface area contributed by atoms with Crippen molar-refractivity contribution in [3.05, 3.63) is 35.8 Å². The van der Waals surface area contributed by atoms with Gasteiger partial charge in [-0.2, -0.15) is 0 Å². The molecule has 6 nitrogen and oxygen atoms in total. The van der Waals surface area contributed by atoms with Gasteiger partial charge in [0.1, 0.15) is 19.0 Å². The topological polar surface area (TPSA) is 86.7 Å². The van der Waals surface area contributed by atoms with E-state index in [2.05, 4.69) is 5.32 Å². The summed E-state index contributed by atoms with van der Waals surface area (Å²) in [4.78, 5) is 12.0. The number of amides is 1. The number of ether oxygens (including phenoxy) is 2. The normalized spacial score (nSPS) is 13.1. The molecule has 2 heterocycles. The van der Waals surface area contributed by atoms with Crippen LogP contribution in [0.4, 0.5) is 11.4 Å². The molecule has 0 unspecified atom stereocenters. The monoisotopic (exact) mass is 274 g/mol. The Labute approximate surface area is 115 Å². The average molecular weight is 274 g/mol. The summed E-state index contributed by atoms with van der Waals surface area (Å²) in [5, 5.41) is 2.70. The van der Waals surface area contributed by atoms with E-state index in [1.165, 1.54) is 0 Å². The maximum Gasteiger partial charge on any atom is 0.291 e. The van der Waals surface area contributed by atoms with Crippen LogP contribution in [-0.4, -0.2) is 19.1 Å². The Kier molecular flexibility index (Phi) is 2.98. The number of aryl methyl sites for hydroxylation is 1. The van der Waals surface area contributed by atoms with Crippen LogP contribution in [0.15, 0.2) is 28.7 Å². The number of furan rings is 1. The summed E-state index contributed by atoms with van der Waals surface area (Å²) in [5.74, 6) is 1.69. The SMILES string of the molecule is Cc1ccc(C(=O)Nc2cc3c(cc2N)OCCO3)o1. The van der Waals surface area contributed by atoms with Crippen molar-refractivity contribution in [2.24, 2.45) is 0 Å². The van der Waals surface area contributed by atoms with Crippen LogP contribution in [0.3, 0.4) is 0 Å². The van der Waals surface area contributed by atoms with Gasteiger partial charge in [0.15, 0.2) is 17.3 Å². The second kappa shape index (κ2) is 4.80. The molecule has 0 spiro atoms. The van der Waals surface area contributed by atoms with Gasteiger partial charge in [-0.05, 0) is 19.1 Å². The van der Waals surface area contributed by atoms with Gasteiger partial charge in [0.25, 0.3) is 5.91 Å². The van der Waals surface area contributed by atoms with Gasteiger partial charge in [-0.15, -0.1) is 0 Å². The van der Waals surface area contributed by atoms with Gasteiger partial charge in [-0.25, -0.2) is 0 Å². The van der Waals surface area contributed by atoms with E-state index in [4.69, 9.17) is 19.6 Å². The Morgan fingerprint density at radius 2 is 1.90 bits per heavy atom. The van der Waals surface area contributed by atoms with Crippen molar-refractivity contribution in [1.82, 2.24) is 0 Å². The van der Waals surface area contributed by atoms with Crippen molar-refractivity contribution < 1.29 is 18.7 Å². The average Bonchev–Trinajstić information content (AvgIpc) is 2.86. The summed E-state index contributed by atoms with van der Waals surface area (Å²) in [6, 6.07) is 6.62. The van der Waals surface area contributed by atoms with Crippen molar-refractivity contribution >= 4 is 17.3 Å². The minimum Gasteiger partial charge on any atom is -0.486 e. The molecule has 0 aliphatic carbocycles. The molecule has 1 aliphatic heterocycles. The molecule has 0 atom stereocenters. The lowest BCUT2D eigenvalue weighted by Crippen LogP contribution is -2.17. The zero-order valence-electron chi connectivity index (χ0n) is 10.9. The van der Waals surface area contributed by atoms with E-state index < -0.39 is 0 Å². The molecule has 3 N–H and O–H groups in total. The Balaban J connectivity index is 1.85. The first-order chi connectivity index (χ1) is 9.63. The molecule has 0 fully saturated rings. The highest BCUT2D eigenvalue weighted by Crippen LogP contribution is 2.37. The fourth-order valence-corrected chi connectivity index (χ4v) is 1.95. The summed E-state index contributed by atoms with van der Waals surface area (Å²) >= 11 is 0. The second-order valence-electron chi connectivity index (χ2n) is 4.45. The Morgan fingerprint density at radius 1 is 1.20 bits per heavy atom. The lowest BCUT2D eigenvalue weighted by molar-refractivity contribution is 0.0995. The fourth-order valence-electron chi connectivity index (χ4n) is 1.95. The van der Waals surface area contributed by atoms with Crippen LogP contribution in [0.1, 0.15) is 16.3 Å². The Morgan fingerprint density at radius 3 is 2.55 bits per heavy atom. The zero-order valence-corrected chi connectivity index (χ0v) is 10.9. The first-order valence-electron chi connectivity index (χ1n) is 6.20. The molecule has 0 bridgehead atoms. The Hall–Kier alpha value is -2.63. The zero-order chi connectivity index (χ0) is 14.1. The quantitative estimate of drug-likeness (QED) is 0.820. The smallest absolute Gasteiger partial charge is 0.291 e. The van der Waals surface area contributed by atoms with Crippen LogP contribution >= 0.6 is 0 Å². The van der Waals surface area contributed by atoms with Gasteiger partial charge >= 0.3 is 0 Å². The Bertz CT molecular complexity index is 663. The molecule has 0 radical (unpaired) electrons. The molecule has 20 heavy (non-hydrogen) atoms. The summed E-state index contributed by atoms with van der Waals surface area (Å²) < 4.78 is 16.1. The molecule has 0 saturated carbocycles. The molecule has 1 aromatic heterocycles. The van der Waals surface area contributed by atoms with E-state index in [9.17, 15) is 4.79 Å². The highest BCUT2D eigenvalue weighted by molar-refractivity contribution is 6.04.